The van der Waals surface area contributed by atoms with Crippen LogP contribution in [0, 0.1) is 6.92 Å². The molecule has 2 N–H and O–H groups in total. The van der Waals surface area contributed by atoms with Crippen molar-refractivity contribution >= 4 is 34.1 Å². The number of anilines is 1. The van der Waals surface area contributed by atoms with E-state index in [1.807, 2.05) is 13.8 Å². The van der Waals surface area contributed by atoms with Crippen LogP contribution in [0.25, 0.3) is 0 Å². The molecule has 28 heavy (non-hydrogen) atoms. The molecular formula is C19H20N2O6S. The second-order valence-electron chi connectivity index (χ2n) is 6.40. The van der Waals surface area contributed by atoms with Crippen LogP contribution in [0.5, 0.6) is 11.5 Å². The van der Waals surface area contributed by atoms with Gasteiger partial charge in [-0.2, -0.15) is 0 Å². The first kappa shape index (κ1) is 19.7. The average Bonchev–Trinajstić information content (AvgIpc) is 3.24. The minimum absolute atomic E-state index is 0.0674. The maximum atomic E-state index is 12.7. The van der Waals surface area contributed by atoms with Crippen molar-refractivity contribution in [3.05, 3.63) is 39.8 Å². The number of carbonyl (C=O) groups excluding carboxylic acids is 3. The molecule has 0 atom stereocenters. The van der Waals surface area contributed by atoms with Gasteiger partial charge in [0, 0.05) is 11.6 Å². The van der Waals surface area contributed by atoms with Gasteiger partial charge in [-0.05, 0) is 44.5 Å². The van der Waals surface area contributed by atoms with Gasteiger partial charge < -0.3 is 24.8 Å². The molecule has 0 bridgehead atoms. The van der Waals surface area contributed by atoms with Crippen LogP contribution in [0.3, 0.4) is 0 Å². The number of esters is 1. The molecule has 0 unspecified atom stereocenters. The second-order valence-corrected chi connectivity index (χ2v) is 7.42. The number of methoxy groups -OCH3 is 1. The normalized spacial score (nSPS) is 12.0. The lowest BCUT2D eigenvalue weighted by Gasteiger charge is -2.07. The summed E-state index contributed by atoms with van der Waals surface area (Å²) in [5.74, 6) is -0.350. The zero-order valence-electron chi connectivity index (χ0n) is 15.9. The van der Waals surface area contributed by atoms with Crippen LogP contribution < -0.4 is 20.1 Å². The van der Waals surface area contributed by atoms with Gasteiger partial charge in [0.2, 0.25) is 6.79 Å². The predicted molar refractivity (Wildman–Crippen MR) is 104 cm³/mol. The van der Waals surface area contributed by atoms with Crippen LogP contribution in [-0.2, 0) is 4.74 Å². The first-order chi connectivity index (χ1) is 13.3. The standard InChI is InChI=1S/C19H20N2O6S/c1-9(2)20-17(23)15-10(3)14(19(24)25-4)18(28-15)21-16(22)11-5-6-12-13(7-11)27-8-26-12/h5-7,9H,8H2,1-4H3,(H,20,23)(H,21,22). The Hall–Kier alpha value is -3.07. The number of carbonyl (C=O) groups is 3. The van der Waals surface area contributed by atoms with Crippen LogP contribution in [0.4, 0.5) is 5.00 Å². The molecule has 0 saturated carbocycles. The Bertz CT molecular complexity index is 950. The first-order valence-corrected chi connectivity index (χ1v) is 9.37. The number of hydrogen-bond acceptors (Lipinski definition) is 7. The maximum Gasteiger partial charge on any atom is 0.341 e. The Balaban J connectivity index is 1.92. The highest BCUT2D eigenvalue weighted by Crippen LogP contribution is 2.35. The largest absolute Gasteiger partial charge is 0.465 e. The molecule has 0 spiro atoms. The fraction of sp³-hybridized carbons (Fsp3) is 0.316. The summed E-state index contributed by atoms with van der Waals surface area (Å²) in [4.78, 5) is 37.7. The molecule has 2 heterocycles. The van der Waals surface area contributed by atoms with E-state index in [1.54, 1.807) is 25.1 Å². The Morgan fingerprint density at radius 2 is 1.86 bits per heavy atom. The highest BCUT2D eigenvalue weighted by Gasteiger charge is 2.27. The third kappa shape index (κ3) is 3.79. The minimum Gasteiger partial charge on any atom is -0.465 e. The molecule has 0 fully saturated rings. The van der Waals surface area contributed by atoms with Crippen LogP contribution in [0.2, 0.25) is 0 Å². The number of hydrogen-bond donors (Lipinski definition) is 2. The number of ether oxygens (including phenoxy) is 3. The number of amides is 2. The summed E-state index contributed by atoms with van der Waals surface area (Å²) in [7, 11) is 1.25. The first-order valence-electron chi connectivity index (χ1n) is 8.55. The smallest absolute Gasteiger partial charge is 0.341 e. The van der Waals surface area contributed by atoms with Gasteiger partial charge in [0.25, 0.3) is 11.8 Å². The molecule has 0 aliphatic carbocycles. The van der Waals surface area contributed by atoms with Crippen molar-refractivity contribution in [2.45, 2.75) is 26.8 Å². The third-order valence-corrected chi connectivity index (χ3v) is 5.23. The predicted octanol–water partition coefficient (Wildman–Crippen LogP) is 2.96. The zero-order valence-corrected chi connectivity index (χ0v) is 16.7. The third-order valence-electron chi connectivity index (χ3n) is 4.02. The van der Waals surface area contributed by atoms with Crippen LogP contribution in [-0.4, -0.2) is 37.7 Å². The molecule has 1 aromatic carbocycles. The number of rotatable bonds is 5. The fourth-order valence-corrected chi connectivity index (χ4v) is 3.80. The SMILES string of the molecule is COC(=O)c1c(NC(=O)c2ccc3c(c2)OCO3)sc(C(=O)NC(C)C)c1C. The highest BCUT2D eigenvalue weighted by molar-refractivity contribution is 7.18. The summed E-state index contributed by atoms with van der Waals surface area (Å²) in [6.07, 6.45) is 0. The van der Waals surface area contributed by atoms with Crippen molar-refractivity contribution < 1.29 is 28.6 Å². The summed E-state index contributed by atoms with van der Waals surface area (Å²) < 4.78 is 15.3. The molecule has 0 saturated heterocycles. The molecule has 1 aliphatic rings. The summed E-state index contributed by atoms with van der Waals surface area (Å²) in [6, 6.07) is 4.72. The zero-order chi connectivity index (χ0) is 20.4. The van der Waals surface area contributed by atoms with Gasteiger partial charge in [-0.15, -0.1) is 11.3 Å². The number of nitrogens with one attached hydrogen (secondary N) is 2. The Morgan fingerprint density at radius 3 is 2.54 bits per heavy atom. The maximum absolute atomic E-state index is 12.7. The van der Waals surface area contributed by atoms with Crippen LogP contribution in [0.1, 0.15) is 49.8 Å². The lowest BCUT2D eigenvalue weighted by Crippen LogP contribution is -2.29. The lowest BCUT2D eigenvalue weighted by molar-refractivity contribution is 0.0601. The summed E-state index contributed by atoms with van der Waals surface area (Å²) in [6.45, 7) is 5.42. The summed E-state index contributed by atoms with van der Waals surface area (Å²) in [5, 5.41) is 5.74. The van der Waals surface area contributed by atoms with E-state index in [2.05, 4.69) is 10.6 Å². The minimum atomic E-state index is -0.627. The van der Waals surface area contributed by atoms with E-state index in [4.69, 9.17) is 14.2 Å². The van der Waals surface area contributed by atoms with Gasteiger partial charge in [-0.3, -0.25) is 9.59 Å². The molecule has 2 aromatic rings. The van der Waals surface area contributed by atoms with Gasteiger partial charge >= 0.3 is 5.97 Å². The van der Waals surface area contributed by atoms with Crippen molar-refractivity contribution in [3.63, 3.8) is 0 Å². The van der Waals surface area contributed by atoms with Crippen molar-refractivity contribution in [3.8, 4) is 11.5 Å². The van der Waals surface area contributed by atoms with E-state index in [-0.39, 0.29) is 29.3 Å². The quantitative estimate of drug-likeness (QED) is 0.743. The van der Waals surface area contributed by atoms with E-state index in [0.29, 0.717) is 27.5 Å². The fourth-order valence-electron chi connectivity index (χ4n) is 2.71. The van der Waals surface area contributed by atoms with E-state index >= 15 is 0 Å². The van der Waals surface area contributed by atoms with Crippen molar-refractivity contribution in [2.75, 3.05) is 19.2 Å². The molecule has 3 rings (SSSR count). The lowest BCUT2D eigenvalue weighted by atomic mass is 10.1. The van der Waals surface area contributed by atoms with Crippen LogP contribution in [0.15, 0.2) is 18.2 Å². The molecule has 9 heteroatoms. The molecule has 8 nitrogen and oxygen atoms in total. The topological polar surface area (TPSA) is 103 Å². The van der Waals surface area contributed by atoms with Crippen molar-refractivity contribution in [2.24, 2.45) is 0 Å². The molecule has 0 radical (unpaired) electrons. The molecule has 1 aliphatic heterocycles. The van der Waals surface area contributed by atoms with E-state index in [0.717, 1.165) is 11.3 Å². The Labute approximate surface area is 165 Å². The molecule has 2 amide bonds. The molecular weight excluding hydrogens is 384 g/mol. The monoisotopic (exact) mass is 404 g/mol. The van der Waals surface area contributed by atoms with Crippen LogP contribution >= 0.6 is 11.3 Å². The van der Waals surface area contributed by atoms with E-state index < -0.39 is 11.9 Å². The number of benzene rings is 1. The summed E-state index contributed by atoms with van der Waals surface area (Å²) in [5.41, 5.74) is 0.950. The van der Waals surface area contributed by atoms with Gasteiger partial charge in [0.15, 0.2) is 11.5 Å². The Morgan fingerprint density at radius 1 is 1.14 bits per heavy atom. The molecule has 148 valence electrons. The average molecular weight is 404 g/mol. The van der Waals surface area contributed by atoms with Gasteiger partial charge in [-0.25, -0.2) is 4.79 Å². The Kier molecular flexibility index (Phi) is 5.55. The van der Waals surface area contributed by atoms with Gasteiger partial charge in [0.1, 0.15) is 5.00 Å². The molecule has 1 aromatic heterocycles. The van der Waals surface area contributed by atoms with Gasteiger partial charge in [0.05, 0.1) is 17.6 Å². The highest BCUT2D eigenvalue weighted by atomic mass is 32.1. The summed E-state index contributed by atoms with van der Waals surface area (Å²) >= 11 is 1.03. The van der Waals surface area contributed by atoms with Crippen molar-refractivity contribution in [1.29, 1.82) is 0 Å². The van der Waals surface area contributed by atoms with E-state index in [9.17, 15) is 14.4 Å². The number of thiophene rings is 1. The van der Waals surface area contributed by atoms with Crippen molar-refractivity contribution in [1.82, 2.24) is 5.32 Å². The second kappa shape index (κ2) is 7.89. The van der Waals surface area contributed by atoms with E-state index in [1.165, 1.54) is 7.11 Å². The number of fused-ring (bicyclic) bond motifs is 1. The van der Waals surface area contributed by atoms with Gasteiger partial charge in [-0.1, -0.05) is 0 Å².